The Kier molecular flexibility index (Phi) is 4.86. The monoisotopic (exact) mass is 265 g/mol. The molecule has 0 aliphatic rings. The number of nitrogens with two attached hydrogens (primary N) is 1. The highest BCUT2D eigenvalue weighted by molar-refractivity contribution is 5.90. The van der Waals surface area contributed by atoms with Crippen molar-refractivity contribution in [3.8, 4) is 0 Å². The van der Waals surface area contributed by atoms with E-state index < -0.39 is 17.9 Å². The maximum absolute atomic E-state index is 11.4. The van der Waals surface area contributed by atoms with Crippen molar-refractivity contribution in [3.63, 3.8) is 0 Å². The van der Waals surface area contributed by atoms with Gasteiger partial charge >= 0.3 is 5.97 Å². The van der Waals surface area contributed by atoms with E-state index in [1.807, 2.05) is 13.8 Å². The summed E-state index contributed by atoms with van der Waals surface area (Å²) < 4.78 is 4.64. The summed E-state index contributed by atoms with van der Waals surface area (Å²) in [6.07, 6.45) is 0. The van der Waals surface area contributed by atoms with Crippen molar-refractivity contribution in [2.75, 3.05) is 12.4 Å². The number of nitrogens with zero attached hydrogens (tertiary/aromatic N) is 1. The van der Waals surface area contributed by atoms with Gasteiger partial charge in [-0.3, -0.25) is 4.79 Å². The molecule has 0 spiro atoms. The van der Waals surface area contributed by atoms with Crippen molar-refractivity contribution in [2.24, 2.45) is 11.7 Å². The van der Waals surface area contributed by atoms with Crippen molar-refractivity contribution in [1.82, 2.24) is 4.98 Å². The minimum Gasteiger partial charge on any atom is -0.465 e. The molecule has 0 fully saturated rings. The van der Waals surface area contributed by atoms with Gasteiger partial charge in [0.15, 0.2) is 0 Å². The van der Waals surface area contributed by atoms with Gasteiger partial charge in [-0.1, -0.05) is 13.8 Å². The highest BCUT2D eigenvalue weighted by Crippen LogP contribution is 2.14. The van der Waals surface area contributed by atoms with Crippen LogP contribution in [0.25, 0.3) is 0 Å². The SMILES string of the molecule is COC(=O)c1ccc(NC(C(N)=O)C(C)C)nc1C. The predicted molar refractivity (Wildman–Crippen MR) is 71.8 cm³/mol. The smallest absolute Gasteiger partial charge is 0.339 e. The van der Waals surface area contributed by atoms with Gasteiger partial charge < -0.3 is 15.8 Å². The van der Waals surface area contributed by atoms with Crippen LogP contribution in [-0.2, 0) is 9.53 Å². The molecule has 1 heterocycles. The number of methoxy groups -OCH3 is 1. The number of primary amides is 1. The highest BCUT2D eigenvalue weighted by atomic mass is 16.5. The Morgan fingerprint density at radius 1 is 1.37 bits per heavy atom. The average molecular weight is 265 g/mol. The zero-order chi connectivity index (χ0) is 14.6. The number of hydrogen-bond donors (Lipinski definition) is 2. The van der Waals surface area contributed by atoms with E-state index in [-0.39, 0.29) is 5.92 Å². The molecule has 0 aromatic carbocycles. The molecule has 0 saturated carbocycles. The number of esters is 1. The number of aromatic nitrogens is 1. The van der Waals surface area contributed by atoms with Crippen LogP contribution in [0.4, 0.5) is 5.82 Å². The lowest BCUT2D eigenvalue weighted by Crippen LogP contribution is -2.39. The molecule has 6 heteroatoms. The lowest BCUT2D eigenvalue weighted by atomic mass is 10.0. The number of anilines is 1. The molecule has 3 N–H and O–H groups in total. The molecule has 1 aromatic heterocycles. The van der Waals surface area contributed by atoms with Gasteiger partial charge in [-0.2, -0.15) is 0 Å². The molecular formula is C13H19N3O3. The van der Waals surface area contributed by atoms with Crippen LogP contribution in [-0.4, -0.2) is 30.0 Å². The van der Waals surface area contributed by atoms with E-state index in [9.17, 15) is 9.59 Å². The van der Waals surface area contributed by atoms with Gasteiger partial charge in [0.05, 0.1) is 18.4 Å². The summed E-state index contributed by atoms with van der Waals surface area (Å²) in [5.74, 6) is -0.332. The lowest BCUT2D eigenvalue weighted by Gasteiger charge is -2.19. The molecule has 1 amide bonds. The summed E-state index contributed by atoms with van der Waals surface area (Å²) >= 11 is 0. The van der Waals surface area contributed by atoms with Crippen LogP contribution < -0.4 is 11.1 Å². The Labute approximate surface area is 112 Å². The molecular weight excluding hydrogens is 246 g/mol. The number of pyridine rings is 1. The molecule has 1 aromatic rings. The van der Waals surface area contributed by atoms with Gasteiger partial charge in [0.2, 0.25) is 5.91 Å². The second-order valence-corrected chi connectivity index (χ2v) is 4.59. The maximum Gasteiger partial charge on any atom is 0.339 e. The quantitative estimate of drug-likeness (QED) is 0.777. The number of carbonyl (C=O) groups excluding carboxylic acids is 2. The van der Waals surface area contributed by atoms with Crippen LogP contribution >= 0.6 is 0 Å². The summed E-state index contributed by atoms with van der Waals surface area (Å²) in [4.78, 5) is 27.0. The summed E-state index contributed by atoms with van der Waals surface area (Å²) in [6.45, 7) is 5.47. The molecule has 6 nitrogen and oxygen atoms in total. The molecule has 0 aliphatic heterocycles. The number of carbonyl (C=O) groups is 2. The van der Waals surface area contributed by atoms with E-state index in [1.54, 1.807) is 19.1 Å². The van der Waals surface area contributed by atoms with Crippen molar-refractivity contribution in [2.45, 2.75) is 26.8 Å². The Balaban J connectivity index is 2.95. The van der Waals surface area contributed by atoms with Crippen LogP contribution in [0, 0.1) is 12.8 Å². The second kappa shape index (κ2) is 6.17. The summed E-state index contributed by atoms with van der Waals surface area (Å²) in [5, 5.41) is 2.97. The first-order valence-corrected chi connectivity index (χ1v) is 5.98. The first-order valence-electron chi connectivity index (χ1n) is 5.98. The Bertz CT molecular complexity index is 486. The van der Waals surface area contributed by atoms with Crippen LogP contribution in [0.2, 0.25) is 0 Å². The molecule has 1 unspecified atom stereocenters. The van der Waals surface area contributed by atoms with Gasteiger partial charge in [0.1, 0.15) is 11.9 Å². The number of ether oxygens (including phenoxy) is 1. The average Bonchev–Trinajstić information content (AvgIpc) is 2.34. The van der Waals surface area contributed by atoms with E-state index in [4.69, 9.17) is 5.73 Å². The minimum absolute atomic E-state index is 0.0416. The van der Waals surface area contributed by atoms with E-state index in [0.29, 0.717) is 17.1 Å². The first kappa shape index (κ1) is 14.9. The molecule has 104 valence electrons. The molecule has 1 rings (SSSR count). The Hall–Kier alpha value is -2.11. The van der Waals surface area contributed by atoms with Gasteiger partial charge in [0, 0.05) is 0 Å². The standard InChI is InChI=1S/C13H19N3O3/c1-7(2)11(12(14)17)16-10-6-5-9(8(3)15-10)13(18)19-4/h5-7,11H,1-4H3,(H2,14,17)(H,15,16). The van der Waals surface area contributed by atoms with Gasteiger partial charge in [-0.15, -0.1) is 0 Å². The summed E-state index contributed by atoms with van der Waals surface area (Å²) in [5.41, 5.74) is 6.25. The number of hydrogen-bond acceptors (Lipinski definition) is 5. The number of amides is 1. The normalized spacial score (nSPS) is 12.1. The van der Waals surface area contributed by atoms with Crippen LogP contribution in [0.3, 0.4) is 0 Å². The Morgan fingerprint density at radius 3 is 2.42 bits per heavy atom. The zero-order valence-corrected chi connectivity index (χ0v) is 11.6. The molecule has 19 heavy (non-hydrogen) atoms. The van der Waals surface area contributed by atoms with E-state index in [2.05, 4.69) is 15.0 Å². The number of rotatable bonds is 5. The third-order valence-electron chi connectivity index (χ3n) is 2.77. The molecule has 0 saturated heterocycles. The third-order valence-corrected chi connectivity index (χ3v) is 2.77. The van der Waals surface area contributed by atoms with Gasteiger partial charge in [-0.25, -0.2) is 9.78 Å². The van der Waals surface area contributed by atoms with E-state index >= 15 is 0 Å². The largest absolute Gasteiger partial charge is 0.465 e. The maximum atomic E-state index is 11.4. The van der Waals surface area contributed by atoms with Crippen molar-refractivity contribution < 1.29 is 14.3 Å². The lowest BCUT2D eigenvalue weighted by molar-refractivity contribution is -0.119. The minimum atomic E-state index is -0.504. The van der Waals surface area contributed by atoms with Crippen LogP contribution in [0.5, 0.6) is 0 Å². The van der Waals surface area contributed by atoms with Crippen molar-refractivity contribution in [1.29, 1.82) is 0 Å². The summed E-state index contributed by atoms with van der Waals surface area (Å²) in [6, 6.07) is 2.72. The summed E-state index contributed by atoms with van der Waals surface area (Å²) in [7, 11) is 1.32. The fourth-order valence-corrected chi connectivity index (χ4v) is 1.69. The topological polar surface area (TPSA) is 94.3 Å². The van der Waals surface area contributed by atoms with Crippen LogP contribution in [0.15, 0.2) is 12.1 Å². The molecule has 0 radical (unpaired) electrons. The van der Waals surface area contributed by atoms with E-state index in [0.717, 1.165) is 0 Å². The molecule has 0 aliphatic carbocycles. The predicted octanol–water partition coefficient (Wildman–Crippen LogP) is 1.10. The van der Waals surface area contributed by atoms with E-state index in [1.165, 1.54) is 7.11 Å². The number of nitrogens with one attached hydrogen (secondary N) is 1. The van der Waals surface area contributed by atoms with Gasteiger partial charge in [0.25, 0.3) is 0 Å². The van der Waals surface area contributed by atoms with Crippen LogP contribution in [0.1, 0.15) is 29.9 Å². The molecule has 0 bridgehead atoms. The molecule has 1 atom stereocenters. The van der Waals surface area contributed by atoms with Crippen molar-refractivity contribution >= 4 is 17.7 Å². The third kappa shape index (κ3) is 3.67. The first-order chi connectivity index (χ1) is 8.86. The highest BCUT2D eigenvalue weighted by Gasteiger charge is 2.20. The van der Waals surface area contributed by atoms with Crippen molar-refractivity contribution in [3.05, 3.63) is 23.4 Å². The number of aryl methyl sites for hydroxylation is 1. The fourth-order valence-electron chi connectivity index (χ4n) is 1.69. The van der Waals surface area contributed by atoms with Gasteiger partial charge in [-0.05, 0) is 25.0 Å². The fraction of sp³-hybridized carbons (Fsp3) is 0.462. The zero-order valence-electron chi connectivity index (χ0n) is 11.6. The second-order valence-electron chi connectivity index (χ2n) is 4.59. The Morgan fingerprint density at radius 2 is 2.00 bits per heavy atom.